The first-order valence-corrected chi connectivity index (χ1v) is 10.8. The largest absolute Gasteiger partial charge is 0.474 e. The van der Waals surface area contributed by atoms with Crippen LogP contribution < -0.4 is 4.74 Å². The number of hydrogen-bond donors (Lipinski definition) is 0. The first-order chi connectivity index (χ1) is 16.2. The van der Waals surface area contributed by atoms with Crippen molar-refractivity contribution >= 4 is 16.9 Å². The van der Waals surface area contributed by atoms with Gasteiger partial charge >= 0.3 is 5.97 Å². The van der Waals surface area contributed by atoms with E-state index in [9.17, 15) is 4.79 Å². The highest BCUT2D eigenvalue weighted by Gasteiger charge is 2.23. The normalized spacial score (nSPS) is 11.8. The molecule has 0 aliphatic rings. The summed E-state index contributed by atoms with van der Waals surface area (Å²) in [6, 6.07) is 36.0. The van der Waals surface area contributed by atoms with E-state index in [2.05, 4.69) is 65.4 Å². The molecule has 5 rings (SSSR count). The van der Waals surface area contributed by atoms with Crippen LogP contribution in [-0.2, 0) is 9.53 Å². The van der Waals surface area contributed by atoms with Gasteiger partial charge in [-0.15, -0.1) is 0 Å². The molecule has 5 aromatic rings. The van der Waals surface area contributed by atoms with Crippen LogP contribution in [0.3, 0.4) is 0 Å². The van der Waals surface area contributed by atoms with Gasteiger partial charge in [0.15, 0.2) is 0 Å². The Balaban J connectivity index is 1.35. The molecule has 0 fully saturated rings. The molecule has 0 radical (unpaired) electrons. The van der Waals surface area contributed by atoms with Crippen molar-refractivity contribution in [2.45, 2.75) is 6.10 Å². The van der Waals surface area contributed by atoms with Gasteiger partial charge in [-0.2, -0.15) is 0 Å². The molecule has 0 amide bonds. The molecular weight excluding hydrogens is 410 g/mol. The third-order valence-electron chi connectivity index (χ3n) is 5.70. The van der Waals surface area contributed by atoms with Crippen molar-refractivity contribution in [3.05, 3.63) is 121 Å². The molecule has 0 aliphatic carbocycles. The number of benzene rings is 4. The number of para-hydroxylation sites is 1. The number of hydrogen-bond acceptors (Lipinski definition) is 3. The second-order valence-electron chi connectivity index (χ2n) is 7.75. The van der Waals surface area contributed by atoms with Gasteiger partial charge in [-0.25, -0.2) is 4.79 Å². The van der Waals surface area contributed by atoms with Gasteiger partial charge in [0, 0.05) is 17.4 Å². The fourth-order valence-electron chi connectivity index (χ4n) is 3.97. The number of carbonyl (C=O) groups is 1. The number of esters is 1. The van der Waals surface area contributed by atoms with Crippen molar-refractivity contribution in [1.82, 2.24) is 4.57 Å². The quantitative estimate of drug-likeness (QED) is 0.284. The van der Waals surface area contributed by atoms with Crippen molar-refractivity contribution in [1.29, 1.82) is 0 Å². The van der Waals surface area contributed by atoms with Gasteiger partial charge in [0.05, 0.1) is 12.6 Å². The maximum atomic E-state index is 12.3. The fraction of sp³-hybridized carbons (Fsp3) is 0.0690. The average molecular weight is 434 g/mol. The number of ether oxygens (including phenoxy) is 2. The molecule has 0 N–H and O–H groups in total. The Labute approximate surface area is 192 Å². The van der Waals surface area contributed by atoms with Crippen molar-refractivity contribution in [2.75, 3.05) is 7.11 Å². The van der Waals surface area contributed by atoms with Gasteiger partial charge in [0.25, 0.3) is 0 Å². The summed E-state index contributed by atoms with van der Waals surface area (Å²) in [6.45, 7) is 0. The van der Waals surface area contributed by atoms with Gasteiger partial charge in [0.1, 0.15) is 5.75 Å². The number of fused-ring (bicyclic) bond motifs is 1. The predicted molar refractivity (Wildman–Crippen MR) is 131 cm³/mol. The van der Waals surface area contributed by atoms with Crippen LogP contribution in [0.15, 0.2) is 115 Å². The van der Waals surface area contributed by atoms with Gasteiger partial charge in [0.2, 0.25) is 6.10 Å². The summed E-state index contributed by atoms with van der Waals surface area (Å²) in [5.41, 5.74) is 5.23. The topological polar surface area (TPSA) is 40.5 Å². The van der Waals surface area contributed by atoms with E-state index in [0.29, 0.717) is 5.75 Å². The molecule has 1 heterocycles. The molecule has 1 aromatic heterocycles. The number of methoxy groups -OCH3 is 1. The maximum absolute atomic E-state index is 12.3. The monoisotopic (exact) mass is 433 g/mol. The minimum atomic E-state index is -0.808. The summed E-state index contributed by atoms with van der Waals surface area (Å²) in [5.74, 6) is 0.173. The zero-order chi connectivity index (χ0) is 22.6. The minimum Gasteiger partial charge on any atom is -0.474 e. The van der Waals surface area contributed by atoms with Crippen LogP contribution in [0.25, 0.3) is 27.7 Å². The molecule has 0 spiro atoms. The Bertz CT molecular complexity index is 1370. The Morgan fingerprint density at radius 2 is 1.36 bits per heavy atom. The van der Waals surface area contributed by atoms with Crippen LogP contribution in [0.5, 0.6) is 5.75 Å². The molecule has 4 nitrogen and oxygen atoms in total. The highest BCUT2D eigenvalue weighted by molar-refractivity contribution is 5.82. The highest BCUT2D eigenvalue weighted by atomic mass is 16.6. The SMILES string of the molecule is COC(=O)C(Oc1ccc(-c2ccc(-n3ccc4ccccc43)cc2)cc1)c1ccccc1. The lowest BCUT2D eigenvalue weighted by atomic mass is 10.0. The molecular formula is C29H23NO3. The maximum Gasteiger partial charge on any atom is 0.351 e. The number of carbonyl (C=O) groups excluding carboxylic acids is 1. The molecule has 0 saturated heterocycles. The minimum absolute atomic E-state index is 0.432. The van der Waals surface area contributed by atoms with Crippen LogP contribution in [-0.4, -0.2) is 17.6 Å². The lowest BCUT2D eigenvalue weighted by molar-refractivity contribution is -0.149. The Hall–Kier alpha value is -4.31. The lowest BCUT2D eigenvalue weighted by Crippen LogP contribution is -2.20. The van der Waals surface area contributed by atoms with Gasteiger partial charge in [-0.05, 0) is 52.9 Å². The van der Waals surface area contributed by atoms with E-state index in [1.54, 1.807) is 0 Å². The van der Waals surface area contributed by atoms with Crippen LogP contribution in [0.1, 0.15) is 11.7 Å². The van der Waals surface area contributed by atoms with Gasteiger partial charge in [-0.1, -0.05) is 72.8 Å². The van der Waals surface area contributed by atoms with E-state index in [-0.39, 0.29) is 0 Å². The molecule has 0 saturated carbocycles. The number of nitrogens with zero attached hydrogens (tertiary/aromatic N) is 1. The van der Waals surface area contributed by atoms with Crippen molar-refractivity contribution in [2.24, 2.45) is 0 Å². The van der Waals surface area contributed by atoms with E-state index in [1.807, 2.05) is 54.6 Å². The molecule has 4 heteroatoms. The molecule has 1 atom stereocenters. The summed E-state index contributed by atoms with van der Waals surface area (Å²) >= 11 is 0. The Kier molecular flexibility index (Phi) is 5.64. The molecule has 162 valence electrons. The molecule has 0 bridgehead atoms. The van der Waals surface area contributed by atoms with Gasteiger partial charge < -0.3 is 14.0 Å². The molecule has 1 unspecified atom stereocenters. The van der Waals surface area contributed by atoms with E-state index in [4.69, 9.17) is 9.47 Å². The summed E-state index contributed by atoms with van der Waals surface area (Å²) in [4.78, 5) is 12.3. The second kappa shape index (κ2) is 9.05. The highest BCUT2D eigenvalue weighted by Crippen LogP contribution is 2.28. The Morgan fingerprint density at radius 1 is 0.727 bits per heavy atom. The van der Waals surface area contributed by atoms with Crippen molar-refractivity contribution in [3.63, 3.8) is 0 Å². The summed E-state index contributed by atoms with van der Waals surface area (Å²) in [7, 11) is 1.37. The van der Waals surface area contributed by atoms with Crippen molar-refractivity contribution < 1.29 is 14.3 Å². The standard InChI is InChI=1S/C29H23NO3/c1-32-29(31)28(24-8-3-2-4-9-24)33-26-17-13-22(14-18-26)21-11-15-25(16-12-21)30-20-19-23-7-5-6-10-27(23)30/h2-20,28H,1H3. The van der Waals surface area contributed by atoms with E-state index in [0.717, 1.165) is 22.4 Å². The number of aromatic nitrogens is 1. The van der Waals surface area contributed by atoms with E-state index >= 15 is 0 Å². The van der Waals surface area contributed by atoms with Crippen molar-refractivity contribution in [3.8, 4) is 22.6 Å². The van der Waals surface area contributed by atoms with E-state index in [1.165, 1.54) is 18.0 Å². The lowest BCUT2D eigenvalue weighted by Gasteiger charge is -2.17. The Morgan fingerprint density at radius 3 is 2.06 bits per heavy atom. The predicted octanol–water partition coefficient (Wildman–Crippen LogP) is 6.59. The smallest absolute Gasteiger partial charge is 0.351 e. The van der Waals surface area contributed by atoms with Crippen LogP contribution >= 0.6 is 0 Å². The zero-order valence-corrected chi connectivity index (χ0v) is 18.2. The fourth-order valence-corrected chi connectivity index (χ4v) is 3.97. The molecule has 0 aliphatic heterocycles. The summed E-state index contributed by atoms with van der Waals surface area (Å²) in [5, 5.41) is 1.22. The first-order valence-electron chi connectivity index (χ1n) is 10.8. The van der Waals surface area contributed by atoms with Crippen LogP contribution in [0, 0.1) is 0 Å². The molecule has 4 aromatic carbocycles. The van der Waals surface area contributed by atoms with Crippen LogP contribution in [0.2, 0.25) is 0 Å². The zero-order valence-electron chi connectivity index (χ0n) is 18.2. The number of rotatable bonds is 6. The van der Waals surface area contributed by atoms with Crippen LogP contribution in [0.4, 0.5) is 0 Å². The molecule has 33 heavy (non-hydrogen) atoms. The second-order valence-corrected chi connectivity index (χ2v) is 7.75. The summed E-state index contributed by atoms with van der Waals surface area (Å²) in [6.07, 6.45) is 1.29. The third-order valence-corrected chi connectivity index (χ3v) is 5.70. The average Bonchev–Trinajstić information content (AvgIpc) is 3.32. The summed E-state index contributed by atoms with van der Waals surface area (Å²) < 4.78 is 13.1. The van der Waals surface area contributed by atoms with E-state index < -0.39 is 12.1 Å². The third kappa shape index (κ3) is 4.23. The van der Waals surface area contributed by atoms with Gasteiger partial charge in [-0.3, -0.25) is 0 Å². The first kappa shape index (κ1) is 20.6.